The highest BCUT2D eigenvalue weighted by atomic mass is 19.1. The van der Waals surface area contributed by atoms with Crippen LogP contribution in [-0.2, 0) is 6.54 Å². The second-order valence-electron chi connectivity index (χ2n) is 9.32. The zero-order valence-corrected chi connectivity index (χ0v) is 19.7. The number of pyridine rings is 1. The van der Waals surface area contributed by atoms with Gasteiger partial charge in [0.1, 0.15) is 11.5 Å². The lowest BCUT2D eigenvalue weighted by atomic mass is 9.83. The van der Waals surface area contributed by atoms with Crippen LogP contribution in [0.15, 0.2) is 65.5 Å². The molecule has 2 unspecified atom stereocenters. The fraction of sp³-hybridized carbons (Fsp3) is 0.259. The van der Waals surface area contributed by atoms with Gasteiger partial charge in [-0.3, -0.25) is 14.4 Å². The number of piperidine rings is 1. The van der Waals surface area contributed by atoms with Gasteiger partial charge in [0.15, 0.2) is 5.78 Å². The van der Waals surface area contributed by atoms with Gasteiger partial charge in [-0.05, 0) is 79.9 Å². The first-order valence-electron chi connectivity index (χ1n) is 11.8. The molecule has 184 valence electrons. The van der Waals surface area contributed by atoms with Crippen molar-refractivity contribution in [1.82, 2.24) is 9.47 Å². The van der Waals surface area contributed by atoms with Crippen LogP contribution < -0.4 is 16.2 Å². The van der Waals surface area contributed by atoms with Gasteiger partial charge in [0, 0.05) is 48.1 Å². The third-order valence-corrected chi connectivity index (χ3v) is 6.79. The minimum atomic E-state index is -0.483. The first kappa shape index (κ1) is 23.5. The van der Waals surface area contributed by atoms with Crippen molar-refractivity contribution in [2.75, 3.05) is 23.7 Å². The van der Waals surface area contributed by atoms with E-state index in [0.29, 0.717) is 30.9 Å². The Kier molecular flexibility index (Phi) is 6.13. The van der Waals surface area contributed by atoms with E-state index in [-0.39, 0.29) is 40.5 Å². The van der Waals surface area contributed by atoms with E-state index >= 15 is 0 Å². The van der Waals surface area contributed by atoms with Gasteiger partial charge in [0.05, 0.1) is 0 Å². The minimum Gasteiger partial charge on any atom is -0.324 e. The number of nitrogens with zero attached hydrogens (tertiary/aromatic N) is 2. The van der Waals surface area contributed by atoms with Crippen LogP contribution in [-0.4, -0.2) is 40.3 Å². The third kappa shape index (κ3) is 4.64. The molecule has 3 aromatic rings. The molecule has 2 bridgehead atoms. The fourth-order valence-electron chi connectivity index (χ4n) is 4.99. The number of carbonyl (C=O) groups excluding carboxylic acids is 3. The summed E-state index contributed by atoms with van der Waals surface area (Å²) >= 11 is 0. The maximum absolute atomic E-state index is 13.2. The van der Waals surface area contributed by atoms with Crippen molar-refractivity contribution in [2.24, 2.45) is 5.92 Å². The summed E-state index contributed by atoms with van der Waals surface area (Å²) in [7, 11) is 0. The highest BCUT2D eigenvalue weighted by molar-refractivity contribution is 6.04. The second-order valence-corrected chi connectivity index (χ2v) is 9.32. The molecule has 1 fully saturated rings. The van der Waals surface area contributed by atoms with Gasteiger partial charge in [-0.25, -0.2) is 9.18 Å². The summed E-state index contributed by atoms with van der Waals surface area (Å²) in [6, 6.07) is 15.1. The molecule has 36 heavy (non-hydrogen) atoms. The van der Waals surface area contributed by atoms with Crippen molar-refractivity contribution < 1.29 is 18.8 Å². The van der Waals surface area contributed by atoms with Crippen molar-refractivity contribution in [3.8, 4) is 0 Å². The SMILES string of the molecule is CC(=O)c1ccc(NC(=O)N2CC3CC(C2)c2ccc(NC(=O)c4ccc(F)cc4)c(=O)n2C3)cc1. The molecule has 9 heteroatoms. The van der Waals surface area contributed by atoms with Crippen LogP contribution in [0.4, 0.5) is 20.6 Å². The number of rotatable bonds is 4. The largest absolute Gasteiger partial charge is 0.324 e. The van der Waals surface area contributed by atoms with E-state index in [1.54, 1.807) is 39.8 Å². The quantitative estimate of drug-likeness (QED) is 0.540. The Morgan fingerprint density at radius 2 is 1.56 bits per heavy atom. The number of benzene rings is 2. The average Bonchev–Trinajstić information content (AvgIpc) is 2.86. The van der Waals surface area contributed by atoms with Gasteiger partial charge in [0.2, 0.25) is 0 Å². The number of carbonyl (C=O) groups is 3. The Balaban J connectivity index is 1.29. The van der Waals surface area contributed by atoms with Crippen LogP contribution in [0.25, 0.3) is 0 Å². The Bertz CT molecular complexity index is 1400. The maximum atomic E-state index is 13.2. The third-order valence-electron chi connectivity index (χ3n) is 6.79. The summed E-state index contributed by atoms with van der Waals surface area (Å²) in [6.45, 7) is 2.91. The van der Waals surface area contributed by atoms with Gasteiger partial charge in [0.25, 0.3) is 11.5 Å². The van der Waals surface area contributed by atoms with Crippen molar-refractivity contribution in [3.05, 3.63) is 93.7 Å². The van der Waals surface area contributed by atoms with Crippen LogP contribution in [0.2, 0.25) is 0 Å². The number of aromatic nitrogens is 1. The second kappa shape index (κ2) is 9.41. The maximum Gasteiger partial charge on any atom is 0.321 e. The monoisotopic (exact) mass is 488 g/mol. The first-order chi connectivity index (χ1) is 17.3. The predicted octanol–water partition coefficient (Wildman–Crippen LogP) is 4.09. The zero-order valence-electron chi connectivity index (χ0n) is 19.7. The lowest BCUT2D eigenvalue weighted by molar-refractivity contribution is 0.101. The van der Waals surface area contributed by atoms with E-state index in [2.05, 4.69) is 10.6 Å². The van der Waals surface area contributed by atoms with Gasteiger partial charge >= 0.3 is 6.03 Å². The molecule has 0 saturated carbocycles. The molecule has 2 aliphatic heterocycles. The number of urea groups is 1. The molecule has 5 rings (SSSR count). The number of hydrogen-bond donors (Lipinski definition) is 2. The summed E-state index contributed by atoms with van der Waals surface area (Å²) in [5, 5.41) is 5.52. The summed E-state index contributed by atoms with van der Waals surface area (Å²) in [6.07, 6.45) is 0.873. The number of amides is 3. The average molecular weight is 489 g/mol. The van der Waals surface area contributed by atoms with Crippen LogP contribution >= 0.6 is 0 Å². The number of Topliss-reactive ketones (excluding diaryl/α,β-unsaturated/α-hetero) is 1. The number of ketones is 1. The molecule has 2 atom stereocenters. The van der Waals surface area contributed by atoms with E-state index in [9.17, 15) is 23.6 Å². The minimum absolute atomic E-state index is 0.00195. The molecule has 8 nitrogen and oxygen atoms in total. The number of anilines is 2. The van der Waals surface area contributed by atoms with E-state index in [1.807, 2.05) is 6.07 Å². The lowest BCUT2D eigenvalue weighted by Gasteiger charge is -2.42. The Morgan fingerprint density at radius 1 is 0.861 bits per heavy atom. The van der Waals surface area contributed by atoms with Crippen molar-refractivity contribution in [1.29, 1.82) is 0 Å². The van der Waals surface area contributed by atoms with Gasteiger partial charge in [-0.1, -0.05) is 0 Å². The van der Waals surface area contributed by atoms with Crippen LogP contribution in [0.3, 0.4) is 0 Å². The zero-order chi connectivity index (χ0) is 25.4. The van der Waals surface area contributed by atoms with Gasteiger partial charge in [-0.15, -0.1) is 0 Å². The Hall–Kier alpha value is -4.27. The molecular formula is C27H25FN4O4. The fourth-order valence-corrected chi connectivity index (χ4v) is 4.99. The molecule has 3 amide bonds. The topological polar surface area (TPSA) is 101 Å². The highest BCUT2D eigenvalue weighted by Crippen LogP contribution is 2.35. The number of halogens is 1. The van der Waals surface area contributed by atoms with Crippen molar-refractivity contribution in [2.45, 2.75) is 25.8 Å². The lowest BCUT2D eigenvalue weighted by Crippen LogP contribution is -2.50. The summed E-state index contributed by atoms with van der Waals surface area (Å²) in [4.78, 5) is 51.8. The van der Waals surface area contributed by atoms with Crippen LogP contribution in [0, 0.1) is 11.7 Å². The summed E-state index contributed by atoms with van der Waals surface area (Å²) in [5.74, 6) is -0.868. The molecule has 2 aliphatic rings. The molecule has 2 aromatic carbocycles. The van der Waals surface area contributed by atoms with Gasteiger partial charge in [-0.2, -0.15) is 0 Å². The summed E-state index contributed by atoms with van der Waals surface area (Å²) in [5.41, 5.74) is 2.15. The highest BCUT2D eigenvalue weighted by Gasteiger charge is 2.36. The molecule has 0 radical (unpaired) electrons. The van der Waals surface area contributed by atoms with E-state index in [1.165, 1.54) is 31.2 Å². The smallest absolute Gasteiger partial charge is 0.321 e. The number of likely N-dealkylation sites (tertiary alicyclic amines) is 1. The van der Waals surface area contributed by atoms with Gasteiger partial charge < -0.3 is 20.1 Å². The Morgan fingerprint density at radius 3 is 2.25 bits per heavy atom. The standard InChI is InChI=1S/C27H25FN4O4/c1-16(33)18-4-8-22(9-5-18)29-27(36)31-13-17-12-20(15-31)24-11-10-23(26(35)32(24)14-17)30-25(34)19-2-6-21(28)7-3-19/h2-11,17,20H,12-15H2,1H3,(H,29,36)(H,30,34). The van der Waals surface area contributed by atoms with Crippen LogP contribution in [0.5, 0.6) is 0 Å². The molecule has 0 spiro atoms. The van der Waals surface area contributed by atoms with Crippen LogP contribution in [0.1, 0.15) is 45.7 Å². The van der Waals surface area contributed by atoms with E-state index in [4.69, 9.17) is 0 Å². The molecule has 2 N–H and O–H groups in total. The number of hydrogen-bond acceptors (Lipinski definition) is 4. The predicted molar refractivity (Wildman–Crippen MR) is 133 cm³/mol. The molecule has 3 heterocycles. The van der Waals surface area contributed by atoms with Crippen molar-refractivity contribution in [3.63, 3.8) is 0 Å². The van der Waals surface area contributed by atoms with E-state index in [0.717, 1.165) is 12.1 Å². The summed E-state index contributed by atoms with van der Waals surface area (Å²) < 4.78 is 14.8. The molecule has 1 aromatic heterocycles. The molecule has 0 aliphatic carbocycles. The number of nitrogens with one attached hydrogen (secondary N) is 2. The van der Waals surface area contributed by atoms with Crippen molar-refractivity contribution >= 4 is 29.1 Å². The Labute approximate surface area is 206 Å². The normalized spacial score (nSPS) is 18.2. The molecular weight excluding hydrogens is 463 g/mol. The number of fused-ring (bicyclic) bond motifs is 4. The van der Waals surface area contributed by atoms with E-state index < -0.39 is 11.7 Å². The molecule has 1 saturated heterocycles. The first-order valence-corrected chi connectivity index (χ1v) is 11.8.